The van der Waals surface area contributed by atoms with E-state index < -0.39 is 0 Å². The lowest BCUT2D eigenvalue weighted by molar-refractivity contribution is 0.186. The third-order valence-electron chi connectivity index (χ3n) is 5.19. The van der Waals surface area contributed by atoms with Crippen molar-refractivity contribution >= 4 is 10.8 Å². The van der Waals surface area contributed by atoms with Gasteiger partial charge in [-0.1, -0.05) is 102 Å². The Bertz CT molecular complexity index is 842. The molecule has 0 aliphatic rings. The van der Waals surface area contributed by atoms with E-state index in [1.54, 1.807) is 7.11 Å². The molecule has 28 heavy (non-hydrogen) atoms. The molecule has 0 unspecified atom stereocenters. The van der Waals surface area contributed by atoms with Gasteiger partial charge in [0.2, 0.25) is 0 Å². The summed E-state index contributed by atoms with van der Waals surface area (Å²) in [6, 6.07) is 21.7. The molecule has 0 aliphatic carbocycles. The topological polar surface area (TPSA) is 9.23 Å². The lowest BCUT2D eigenvalue weighted by Crippen LogP contribution is -1.97. The summed E-state index contributed by atoms with van der Waals surface area (Å²) in [5.74, 6) is 1.83. The number of hydrogen-bond acceptors (Lipinski definition) is 1. The highest BCUT2D eigenvalue weighted by molar-refractivity contribution is 5.89. The van der Waals surface area contributed by atoms with Crippen molar-refractivity contribution in [3.8, 4) is 0 Å². The van der Waals surface area contributed by atoms with Crippen molar-refractivity contribution in [2.45, 2.75) is 65.9 Å². The van der Waals surface area contributed by atoms with Crippen molar-refractivity contribution in [3.05, 3.63) is 82.9 Å². The van der Waals surface area contributed by atoms with E-state index in [0.29, 0.717) is 24.4 Å². The van der Waals surface area contributed by atoms with Crippen LogP contribution in [0.15, 0.2) is 60.7 Å². The highest BCUT2D eigenvalue weighted by atomic mass is 16.5. The van der Waals surface area contributed by atoms with Gasteiger partial charge in [0, 0.05) is 7.11 Å². The Balaban J connectivity index is 0.000000209. The van der Waals surface area contributed by atoms with E-state index in [1.165, 1.54) is 33.0 Å². The number of fused-ring (bicyclic) bond motifs is 1. The van der Waals surface area contributed by atoms with Crippen molar-refractivity contribution < 1.29 is 4.74 Å². The molecule has 0 radical (unpaired) electrons. The van der Waals surface area contributed by atoms with Crippen molar-refractivity contribution in [1.29, 1.82) is 0 Å². The van der Waals surface area contributed by atoms with E-state index in [0.717, 1.165) is 0 Å². The molecule has 150 valence electrons. The van der Waals surface area contributed by atoms with Gasteiger partial charge in [0.05, 0.1) is 6.61 Å². The molecular weight excluding hydrogens is 340 g/mol. The number of benzene rings is 3. The van der Waals surface area contributed by atoms with Gasteiger partial charge in [-0.25, -0.2) is 0 Å². The van der Waals surface area contributed by atoms with Crippen LogP contribution in [0.5, 0.6) is 0 Å². The monoisotopic (exact) mass is 376 g/mol. The SMILES string of the molecule is CC(C)c1ccccc1C(C)C.COCc1cccc2cccc(C(C)C)c12. The maximum absolute atomic E-state index is 5.27. The van der Waals surface area contributed by atoms with E-state index in [-0.39, 0.29) is 0 Å². The van der Waals surface area contributed by atoms with E-state index in [9.17, 15) is 0 Å². The maximum Gasteiger partial charge on any atom is 0.0719 e. The Morgan fingerprint density at radius 3 is 1.54 bits per heavy atom. The predicted molar refractivity (Wildman–Crippen MR) is 123 cm³/mol. The molecule has 0 N–H and O–H groups in total. The summed E-state index contributed by atoms with van der Waals surface area (Å²) >= 11 is 0. The molecule has 0 saturated heterocycles. The largest absolute Gasteiger partial charge is 0.380 e. The molecular formula is C27H36O. The van der Waals surface area contributed by atoms with E-state index >= 15 is 0 Å². The summed E-state index contributed by atoms with van der Waals surface area (Å²) in [6.45, 7) is 14.2. The fraction of sp³-hybridized carbons (Fsp3) is 0.407. The van der Waals surface area contributed by atoms with Crippen molar-refractivity contribution in [3.63, 3.8) is 0 Å². The van der Waals surface area contributed by atoms with E-state index in [1.807, 2.05) is 0 Å². The van der Waals surface area contributed by atoms with Crippen LogP contribution in [-0.4, -0.2) is 7.11 Å². The Morgan fingerprint density at radius 1 is 0.607 bits per heavy atom. The Labute approximate surface area is 171 Å². The maximum atomic E-state index is 5.27. The predicted octanol–water partition coefficient (Wildman–Crippen LogP) is 8.04. The second kappa shape index (κ2) is 10.4. The Kier molecular flexibility index (Phi) is 8.26. The molecule has 1 nitrogen and oxygen atoms in total. The Hall–Kier alpha value is -2.12. The minimum Gasteiger partial charge on any atom is -0.380 e. The molecule has 0 heterocycles. The van der Waals surface area contributed by atoms with Crippen LogP contribution < -0.4 is 0 Å². The molecule has 0 fully saturated rings. The van der Waals surface area contributed by atoms with Gasteiger partial charge >= 0.3 is 0 Å². The molecule has 1 heteroatoms. The number of methoxy groups -OCH3 is 1. The summed E-state index contributed by atoms with van der Waals surface area (Å²) in [7, 11) is 1.75. The van der Waals surface area contributed by atoms with Crippen LogP contribution in [0.4, 0.5) is 0 Å². The van der Waals surface area contributed by atoms with Crippen LogP contribution in [0.1, 0.15) is 81.5 Å². The van der Waals surface area contributed by atoms with E-state index in [2.05, 4.69) is 102 Å². The second-order valence-electron chi connectivity index (χ2n) is 8.39. The highest BCUT2D eigenvalue weighted by Crippen LogP contribution is 2.29. The summed E-state index contributed by atoms with van der Waals surface area (Å²) in [5, 5.41) is 2.67. The molecule has 0 amide bonds. The summed E-state index contributed by atoms with van der Waals surface area (Å²) in [5.41, 5.74) is 5.68. The first-order valence-corrected chi connectivity index (χ1v) is 10.4. The standard InChI is InChI=1S/C15H18O.C12H18/c1-11(2)14-9-5-7-12-6-4-8-13(10-16-3)15(12)14;1-9(2)11-7-5-6-8-12(11)10(3)4/h4-9,11H,10H2,1-3H3;5-10H,1-4H3. The molecule has 0 aliphatic heterocycles. The first kappa shape index (κ1) is 22.2. The summed E-state index contributed by atoms with van der Waals surface area (Å²) in [4.78, 5) is 0. The van der Waals surface area contributed by atoms with Gasteiger partial charge in [-0.2, -0.15) is 0 Å². The summed E-state index contributed by atoms with van der Waals surface area (Å²) in [6.07, 6.45) is 0. The normalized spacial score (nSPS) is 11.2. The van der Waals surface area contributed by atoms with E-state index in [4.69, 9.17) is 4.74 Å². The number of hydrogen-bond donors (Lipinski definition) is 0. The van der Waals surface area contributed by atoms with Gasteiger partial charge in [0.15, 0.2) is 0 Å². The van der Waals surface area contributed by atoms with Crippen LogP contribution in [0, 0.1) is 0 Å². The quantitative estimate of drug-likeness (QED) is 0.438. The lowest BCUT2D eigenvalue weighted by Gasteiger charge is -2.14. The fourth-order valence-corrected chi connectivity index (χ4v) is 3.77. The lowest BCUT2D eigenvalue weighted by atomic mass is 9.91. The minimum absolute atomic E-state index is 0.543. The number of rotatable bonds is 5. The molecule has 0 atom stereocenters. The zero-order valence-corrected chi connectivity index (χ0v) is 18.6. The fourth-order valence-electron chi connectivity index (χ4n) is 3.77. The zero-order valence-electron chi connectivity index (χ0n) is 18.6. The van der Waals surface area contributed by atoms with Gasteiger partial charge in [-0.3, -0.25) is 0 Å². The van der Waals surface area contributed by atoms with Crippen LogP contribution in [0.25, 0.3) is 10.8 Å². The van der Waals surface area contributed by atoms with Crippen molar-refractivity contribution in [1.82, 2.24) is 0 Å². The van der Waals surface area contributed by atoms with Gasteiger partial charge in [0.25, 0.3) is 0 Å². The van der Waals surface area contributed by atoms with Crippen molar-refractivity contribution in [2.75, 3.05) is 7.11 Å². The third-order valence-corrected chi connectivity index (χ3v) is 5.19. The van der Waals surface area contributed by atoms with Gasteiger partial charge in [0.1, 0.15) is 0 Å². The molecule has 3 aromatic carbocycles. The first-order chi connectivity index (χ1) is 13.4. The Morgan fingerprint density at radius 2 is 1.07 bits per heavy atom. The zero-order chi connectivity index (χ0) is 20.7. The molecule has 0 bridgehead atoms. The first-order valence-electron chi connectivity index (χ1n) is 10.4. The van der Waals surface area contributed by atoms with Crippen LogP contribution in [-0.2, 0) is 11.3 Å². The third kappa shape index (κ3) is 5.45. The van der Waals surface area contributed by atoms with Crippen molar-refractivity contribution in [2.24, 2.45) is 0 Å². The average Bonchev–Trinajstić information content (AvgIpc) is 2.68. The van der Waals surface area contributed by atoms with Crippen LogP contribution in [0.2, 0.25) is 0 Å². The molecule has 3 rings (SSSR count). The smallest absolute Gasteiger partial charge is 0.0719 e. The second-order valence-corrected chi connectivity index (χ2v) is 8.39. The molecule has 0 aromatic heterocycles. The minimum atomic E-state index is 0.543. The van der Waals surface area contributed by atoms with Crippen LogP contribution in [0.3, 0.4) is 0 Å². The summed E-state index contributed by atoms with van der Waals surface area (Å²) < 4.78 is 5.27. The molecule has 3 aromatic rings. The van der Waals surface area contributed by atoms with Gasteiger partial charge in [-0.15, -0.1) is 0 Å². The average molecular weight is 377 g/mol. The highest BCUT2D eigenvalue weighted by Gasteiger charge is 2.09. The number of ether oxygens (including phenoxy) is 1. The van der Waals surface area contributed by atoms with Gasteiger partial charge in [-0.05, 0) is 50.8 Å². The molecule has 0 spiro atoms. The van der Waals surface area contributed by atoms with Gasteiger partial charge < -0.3 is 4.74 Å². The van der Waals surface area contributed by atoms with Crippen LogP contribution >= 0.6 is 0 Å². The molecule has 0 saturated carbocycles.